The van der Waals surface area contributed by atoms with Crippen LogP contribution in [-0.4, -0.2) is 57.2 Å². The summed E-state index contributed by atoms with van der Waals surface area (Å²) >= 11 is 2.18. The number of likely N-dealkylation sites (tertiary alicyclic amines) is 1. The van der Waals surface area contributed by atoms with Gasteiger partial charge in [-0.05, 0) is 74.8 Å². The van der Waals surface area contributed by atoms with E-state index in [-0.39, 0.29) is 42.3 Å². The van der Waals surface area contributed by atoms with Gasteiger partial charge in [0.15, 0.2) is 0 Å². The van der Waals surface area contributed by atoms with Crippen LogP contribution in [0.1, 0.15) is 66.9 Å². The number of carbonyl (C=O) groups excluding carboxylic acids is 2. The van der Waals surface area contributed by atoms with Crippen LogP contribution in [0.5, 0.6) is 0 Å². The number of anilines is 1. The normalized spacial score (nSPS) is 22.4. The topological polar surface area (TPSA) is 101 Å². The van der Waals surface area contributed by atoms with Gasteiger partial charge in [-0.2, -0.15) is 0 Å². The molecule has 3 aromatic rings. The number of nitrogens with one attached hydrogen (secondary N) is 1. The largest absolute Gasteiger partial charge is 0.481 e. The Morgan fingerprint density at radius 1 is 1.07 bits per heavy atom. The average molecular weight is 690 g/mol. The van der Waals surface area contributed by atoms with E-state index < -0.39 is 11.8 Å². The van der Waals surface area contributed by atoms with Crippen LogP contribution in [0.3, 0.4) is 0 Å². The summed E-state index contributed by atoms with van der Waals surface area (Å²) in [6.45, 7) is 2.41. The molecule has 8 nitrogen and oxygen atoms in total. The van der Waals surface area contributed by atoms with E-state index in [1.165, 1.54) is 6.07 Å². The molecule has 1 aliphatic carbocycles. The third-order valence-corrected chi connectivity index (χ3v) is 9.59. The molecule has 42 heavy (non-hydrogen) atoms. The number of ether oxygens (including phenoxy) is 1. The number of carboxylic acid groups (broad SMARTS) is 1. The molecule has 0 spiro atoms. The quantitative estimate of drug-likeness (QED) is 0.210. The van der Waals surface area contributed by atoms with E-state index in [1.54, 1.807) is 12.3 Å². The van der Waals surface area contributed by atoms with Crippen LogP contribution in [0, 0.1) is 11.7 Å². The number of aliphatic carboxylic acids is 1. The van der Waals surface area contributed by atoms with Crippen molar-refractivity contribution in [1.82, 2.24) is 9.47 Å². The molecule has 2 N–H and O–H groups in total. The minimum absolute atomic E-state index is 0.00810. The van der Waals surface area contributed by atoms with E-state index in [0.29, 0.717) is 53.5 Å². The molecule has 10 heteroatoms. The van der Waals surface area contributed by atoms with E-state index in [2.05, 4.69) is 27.9 Å². The van der Waals surface area contributed by atoms with Gasteiger partial charge >= 0.3 is 5.97 Å². The third kappa shape index (κ3) is 6.49. The zero-order valence-electron chi connectivity index (χ0n) is 23.9. The lowest BCUT2D eigenvalue weighted by Crippen LogP contribution is -2.43. The van der Waals surface area contributed by atoms with Crippen molar-refractivity contribution in [3.63, 3.8) is 0 Å². The molecule has 2 aromatic carbocycles. The van der Waals surface area contributed by atoms with Gasteiger partial charge in [0.1, 0.15) is 5.82 Å². The predicted molar refractivity (Wildman–Crippen MR) is 167 cm³/mol. The standard InChI is InChI=1S/C32H37FIN3O5/c1-19-7-10-23(18-42-24-11-8-20(9-12-24)32(40)41)37(19)30(38)14-21-13-22(16-34)28(15-27(21)33)35-31(39)26-17-36(2)29-6-4-3-5-25(26)29/h3-6,13,15,17,19-20,23-24H,7-12,14,16,18H2,1-2H3,(H,35,39)(H,40,41)/t19-,20-,23-,24-/m0/s1. The summed E-state index contributed by atoms with van der Waals surface area (Å²) in [4.78, 5) is 39.8. The van der Waals surface area contributed by atoms with Gasteiger partial charge < -0.3 is 24.6 Å². The maximum atomic E-state index is 15.4. The van der Waals surface area contributed by atoms with Gasteiger partial charge in [-0.3, -0.25) is 14.4 Å². The number of carbonyl (C=O) groups is 3. The molecule has 1 saturated carbocycles. The predicted octanol–water partition coefficient (Wildman–Crippen LogP) is 6.09. The Bertz CT molecular complexity index is 1480. The van der Waals surface area contributed by atoms with Gasteiger partial charge in [0.05, 0.1) is 36.7 Å². The molecule has 2 heterocycles. The van der Waals surface area contributed by atoms with Crippen molar-refractivity contribution in [2.24, 2.45) is 13.0 Å². The molecule has 224 valence electrons. The highest BCUT2D eigenvalue weighted by Crippen LogP contribution is 2.31. The van der Waals surface area contributed by atoms with Gasteiger partial charge in [-0.25, -0.2) is 4.39 Å². The van der Waals surface area contributed by atoms with Crippen LogP contribution in [0.2, 0.25) is 0 Å². The van der Waals surface area contributed by atoms with Crippen LogP contribution in [0.25, 0.3) is 10.9 Å². The molecular formula is C32H37FIN3O5. The lowest BCUT2D eigenvalue weighted by Gasteiger charge is -2.32. The second-order valence-corrected chi connectivity index (χ2v) is 12.3. The molecular weight excluding hydrogens is 652 g/mol. The van der Waals surface area contributed by atoms with Crippen molar-refractivity contribution >= 4 is 57.0 Å². The molecule has 0 radical (unpaired) electrons. The number of aryl methyl sites for hydroxylation is 1. The van der Waals surface area contributed by atoms with E-state index >= 15 is 4.39 Å². The zero-order chi connectivity index (χ0) is 30.0. The van der Waals surface area contributed by atoms with Crippen molar-refractivity contribution in [3.05, 3.63) is 65.1 Å². The lowest BCUT2D eigenvalue weighted by atomic mass is 9.87. The van der Waals surface area contributed by atoms with E-state index in [4.69, 9.17) is 4.74 Å². The monoisotopic (exact) mass is 689 g/mol. The zero-order valence-corrected chi connectivity index (χ0v) is 26.1. The highest BCUT2D eigenvalue weighted by Gasteiger charge is 2.36. The Morgan fingerprint density at radius 3 is 2.52 bits per heavy atom. The Morgan fingerprint density at radius 2 is 1.81 bits per heavy atom. The second kappa shape index (κ2) is 13.1. The van der Waals surface area contributed by atoms with Crippen molar-refractivity contribution in [2.45, 2.75) is 74.5 Å². The first kappa shape index (κ1) is 30.5. The molecule has 0 unspecified atom stereocenters. The number of aromatic nitrogens is 1. The maximum Gasteiger partial charge on any atom is 0.306 e. The molecule has 1 aliphatic heterocycles. The van der Waals surface area contributed by atoms with Crippen LogP contribution in [0.15, 0.2) is 42.6 Å². The third-order valence-electron chi connectivity index (χ3n) is 8.77. The summed E-state index contributed by atoms with van der Waals surface area (Å²) in [5.41, 5.74) is 2.90. The minimum Gasteiger partial charge on any atom is -0.481 e. The van der Waals surface area contributed by atoms with Crippen molar-refractivity contribution in [3.8, 4) is 0 Å². The fraction of sp³-hybridized carbons (Fsp3) is 0.469. The smallest absolute Gasteiger partial charge is 0.306 e. The molecule has 1 saturated heterocycles. The Labute approximate surface area is 258 Å². The molecule has 1 aromatic heterocycles. The number of nitrogens with zero attached hydrogens (tertiary/aromatic N) is 2. The van der Waals surface area contributed by atoms with Crippen LogP contribution >= 0.6 is 22.6 Å². The van der Waals surface area contributed by atoms with Gasteiger partial charge in [0, 0.05) is 40.3 Å². The van der Waals surface area contributed by atoms with Crippen LogP contribution in [0.4, 0.5) is 10.1 Å². The minimum atomic E-state index is -0.743. The van der Waals surface area contributed by atoms with Crippen LogP contribution in [-0.2, 0) is 32.2 Å². The Balaban J connectivity index is 1.25. The molecule has 2 aliphatic rings. The number of fused-ring (bicyclic) bond motifs is 1. The van der Waals surface area contributed by atoms with Gasteiger partial charge in [-0.15, -0.1) is 0 Å². The van der Waals surface area contributed by atoms with Crippen molar-refractivity contribution in [1.29, 1.82) is 0 Å². The highest BCUT2D eigenvalue weighted by atomic mass is 127. The first-order chi connectivity index (χ1) is 20.2. The number of hydrogen-bond donors (Lipinski definition) is 2. The molecule has 5 rings (SSSR count). The number of alkyl halides is 1. The van der Waals surface area contributed by atoms with E-state index in [1.807, 2.05) is 47.7 Å². The summed E-state index contributed by atoms with van der Waals surface area (Å²) in [5, 5.41) is 12.9. The average Bonchev–Trinajstić information content (AvgIpc) is 3.52. The Hall–Kier alpha value is -2.99. The number of halogens is 2. The van der Waals surface area contributed by atoms with Gasteiger partial charge in [-0.1, -0.05) is 40.8 Å². The number of rotatable bonds is 9. The van der Waals surface area contributed by atoms with Crippen molar-refractivity contribution < 1.29 is 28.6 Å². The first-order valence-corrected chi connectivity index (χ1v) is 16.1. The van der Waals surface area contributed by atoms with Crippen molar-refractivity contribution in [2.75, 3.05) is 11.9 Å². The molecule has 2 fully saturated rings. The van der Waals surface area contributed by atoms with E-state index in [9.17, 15) is 19.5 Å². The number of para-hydroxylation sites is 1. The van der Waals surface area contributed by atoms with E-state index in [0.717, 1.165) is 29.3 Å². The summed E-state index contributed by atoms with van der Waals surface area (Å²) < 4.78 is 24.0. The fourth-order valence-electron chi connectivity index (χ4n) is 6.41. The van der Waals surface area contributed by atoms with Crippen LogP contribution < -0.4 is 5.32 Å². The Kier molecular flexibility index (Phi) is 9.51. The lowest BCUT2D eigenvalue weighted by molar-refractivity contribution is -0.144. The fourth-order valence-corrected chi connectivity index (χ4v) is 7.04. The summed E-state index contributed by atoms with van der Waals surface area (Å²) in [6.07, 6.45) is 6.02. The summed E-state index contributed by atoms with van der Waals surface area (Å²) in [7, 11) is 1.88. The molecule has 0 bridgehead atoms. The SMILES string of the molecule is C[C@H]1CC[C@@H](CO[C@H]2CC[C@H](C(=O)O)CC2)N1C(=O)Cc1cc(CI)c(NC(=O)c2cn(C)c3ccccc23)cc1F. The summed E-state index contributed by atoms with van der Waals surface area (Å²) in [5.74, 6) is -2.02. The maximum absolute atomic E-state index is 15.4. The highest BCUT2D eigenvalue weighted by molar-refractivity contribution is 14.1. The molecule has 2 atom stereocenters. The molecule has 2 amide bonds. The second-order valence-electron chi connectivity index (χ2n) is 11.6. The first-order valence-electron chi connectivity index (χ1n) is 14.5. The number of hydrogen-bond acceptors (Lipinski definition) is 4. The number of carboxylic acids is 1. The van der Waals surface area contributed by atoms with Gasteiger partial charge in [0.25, 0.3) is 5.91 Å². The number of amides is 2. The van der Waals surface area contributed by atoms with Gasteiger partial charge in [0.2, 0.25) is 5.91 Å². The number of benzene rings is 2. The summed E-state index contributed by atoms with van der Waals surface area (Å²) in [6, 6.07) is 10.6.